The maximum absolute atomic E-state index is 12.3. The number of aryl methyl sites for hydroxylation is 1. The predicted octanol–water partition coefficient (Wildman–Crippen LogP) is 3.77. The molecule has 20 heavy (non-hydrogen) atoms. The van der Waals surface area contributed by atoms with Crippen molar-refractivity contribution >= 4 is 54.6 Å². The summed E-state index contributed by atoms with van der Waals surface area (Å²) in [5.41, 5.74) is 1.20. The summed E-state index contributed by atoms with van der Waals surface area (Å²) < 4.78 is 27.7. The lowest BCUT2D eigenvalue weighted by atomic mass is 10.2. The van der Waals surface area contributed by atoms with Crippen molar-refractivity contribution in [1.29, 1.82) is 0 Å². The van der Waals surface area contributed by atoms with Crippen molar-refractivity contribution in [2.45, 2.75) is 18.4 Å². The van der Waals surface area contributed by atoms with Crippen LogP contribution < -0.4 is 4.72 Å². The van der Waals surface area contributed by atoms with Gasteiger partial charge in [-0.25, -0.2) is 8.42 Å². The van der Waals surface area contributed by atoms with Crippen LogP contribution in [0.4, 0.5) is 5.69 Å². The molecule has 0 saturated carbocycles. The van der Waals surface area contributed by atoms with Crippen molar-refractivity contribution < 1.29 is 13.5 Å². The molecule has 1 heterocycles. The normalized spacial score (nSPS) is 11.6. The second-order valence-corrected chi connectivity index (χ2v) is 7.97. The molecule has 0 amide bonds. The van der Waals surface area contributed by atoms with Gasteiger partial charge < -0.3 is 5.11 Å². The van der Waals surface area contributed by atoms with Crippen molar-refractivity contribution in [3.8, 4) is 0 Å². The molecule has 1 aromatic carbocycles. The molecule has 0 bridgehead atoms. The van der Waals surface area contributed by atoms with E-state index >= 15 is 0 Å². The molecule has 2 aromatic rings. The minimum absolute atomic E-state index is 0.0774. The molecule has 4 nitrogen and oxygen atoms in total. The number of hydrogen-bond acceptors (Lipinski definition) is 4. The third-order valence-electron chi connectivity index (χ3n) is 2.63. The van der Waals surface area contributed by atoms with E-state index in [0.29, 0.717) is 20.1 Å². The first-order valence-corrected chi connectivity index (χ1v) is 9.04. The van der Waals surface area contributed by atoms with Crippen LogP contribution in [0, 0.1) is 6.92 Å². The minimum atomic E-state index is -3.75. The summed E-state index contributed by atoms with van der Waals surface area (Å²) in [6.07, 6.45) is 0. The van der Waals surface area contributed by atoms with Crippen molar-refractivity contribution in [1.82, 2.24) is 0 Å². The summed E-state index contributed by atoms with van der Waals surface area (Å²) in [7, 11) is -3.75. The van der Waals surface area contributed by atoms with Gasteiger partial charge in [-0.1, -0.05) is 11.6 Å². The van der Waals surface area contributed by atoms with Crippen LogP contribution in [-0.2, 0) is 16.6 Å². The Hall–Kier alpha value is -0.600. The molecule has 1 aromatic heterocycles. The summed E-state index contributed by atoms with van der Waals surface area (Å²) in [5, 5.41) is 11.3. The molecule has 0 aliphatic rings. The highest BCUT2D eigenvalue weighted by Gasteiger charge is 2.20. The number of hydrogen-bond donors (Lipinski definition) is 2. The molecule has 2 rings (SSSR count). The molecule has 0 radical (unpaired) electrons. The van der Waals surface area contributed by atoms with E-state index in [1.54, 1.807) is 17.5 Å². The van der Waals surface area contributed by atoms with Gasteiger partial charge in [0.15, 0.2) is 0 Å². The summed E-state index contributed by atoms with van der Waals surface area (Å²) in [6, 6.07) is 4.74. The summed E-state index contributed by atoms with van der Waals surface area (Å²) in [4.78, 5) is 0.473. The average Bonchev–Trinajstić information content (AvgIpc) is 2.84. The first-order valence-electron chi connectivity index (χ1n) is 5.51. The van der Waals surface area contributed by atoms with Gasteiger partial charge in [-0.3, -0.25) is 4.72 Å². The van der Waals surface area contributed by atoms with Gasteiger partial charge in [0.1, 0.15) is 4.90 Å². The zero-order valence-corrected chi connectivity index (χ0v) is 14.3. The van der Waals surface area contributed by atoms with Crippen LogP contribution >= 0.6 is 38.9 Å². The van der Waals surface area contributed by atoms with E-state index in [4.69, 9.17) is 16.7 Å². The molecule has 0 saturated heterocycles. The van der Waals surface area contributed by atoms with Crippen LogP contribution in [0.3, 0.4) is 0 Å². The zero-order valence-electron chi connectivity index (χ0n) is 10.4. The second kappa shape index (κ2) is 6.03. The van der Waals surface area contributed by atoms with Gasteiger partial charge in [0.05, 0.1) is 17.2 Å². The quantitative estimate of drug-likeness (QED) is 0.827. The fourth-order valence-electron chi connectivity index (χ4n) is 1.61. The lowest BCUT2D eigenvalue weighted by Crippen LogP contribution is -2.14. The van der Waals surface area contributed by atoms with Crippen molar-refractivity contribution in [2.75, 3.05) is 4.72 Å². The van der Waals surface area contributed by atoms with E-state index < -0.39 is 10.0 Å². The standard InChI is InChI=1S/C12H11BrClNO3S2/c1-7-4-8(13)10(5-9(7)14)15-20(17,18)12-2-3-19-11(12)6-16/h2-5,15-16H,6H2,1H3. The Morgan fingerprint density at radius 2 is 2.15 bits per heavy atom. The lowest BCUT2D eigenvalue weighted by molar-refractivity contribution is 0.282. The van der Waals surface area contributed by atoms with Gasteiger partial charge in [-0.2, -0.15) is 0 Å². The molecule has 0 atom stereocenters. The number of aliphatic hydroxyl groups is 1. The van der Waals surface area contributed by atoms with E-state index in [1.807, 2.05) is 6.92 Å². The largest absolute Gasteiger partial charge is 0.391 e. The first-order chi connectivity index (χ1) is 9.35. The van der Waals surface area contributed by atoms with Crippen molar-refractivity contribution in [2.24, 2.45) is 0 Å². The van der Waals surface area contributed by atoms with Crippen molar-refractivity contribution in [3.63, 3.8) is 0 Å². The Morgan fingerprint density at radius 1 is 1.45 bits per heavy atom. The lowest BCUT2D eigenvalue weighted by Gasteiger charge is -2.11. The number of aliphatic hydroxyl groups excluding tert-OH is 1. The van der Waals surface area contributed by atoms with Crippen LogP contribution in [0.25, 0.3) is 0 Å². The predicted molar refractivity (Wildman–Crippen MR) is 84.9 cm³/mol. The van der Waals surface area contributed by atoms with Gasteiger partial charge in [-0.05, 0) is 52.0 Å². The third kappa shape index (κ3) is 3.17. The monoisotopic (exact) mass is 395 g/mol. The highest BCUT2D eigenvalue weighted by atomic mass is 79.9. The van der Waals surface area contributed by atoms with Crippen LogP contribution in [-0.4, -0.2) is 13.5 Å². The number of anilines is 1. The number of nitrogens with one attached hydrogen (secondary N) is 1. The highest BCUT2D eigenvalue weighted by molar-refractivity contribution is 9.10. The van der Waals surface area contributed by atoms with Crippen molar-refractivity contribution in [3.05, 3.63) is 43.5 Å². The zero-order chi connectivity index (χ0) is 14.9. The SMILES string of the molecule is Cc1cc(Br)c(NS(=O)(=O)c2ccsc2CO)cc1Cl. The Kier molecular flexibility index (Phi) is 4.76. The Labute approximate surface area is 134 Å². The smallest absolute Gasteiger partial charge is 0.263 e. The summed E-state index contributed by atoms with van der Waals surface area (Å²) >= 11 is 10.5. The van der Waals surface area contributed by atoms with E-state index in [9.17, 15) is 8.42 Å². The van der Waals surface area contributed by atoms with Gasteiger partial charge in [0.2, 0.25) is 0 Å². The fourth-order valence-corrected chi connectivity index (χ4v) is 4.83. The molecule has 0 fully saturated rings. The van der Waals surface area contributed by atoms with Crippen LogP contribution in [0.1, 0.15) is 10.4 Å². The second-order valence-electron chi connectivity index (χ2n) is 4.05. The number of benzene rings is 1. The summed E-state index contributed by atoms with van der Waals surface area (Å²) in [5.74, 6) is 0. The number of sulfonamides is 1. The van der Waals surface area contributed by atoms with E-state index in [-0.39, 0.29) is 11.5 Å². The minimum Gasteiger partial charge on any atom is -0.391 e. The van der Waals surface area contributed by atoms with Gasteiger partial charge in [0, 0.05) is 9.50 Å². The number of halogens is 2. The molecule has 108 valence electrons. The van der Waals surface area contributed by atoms with Crippen LogP contribution in [0.2, 0.25) is 5.02 Å². The Morgan fingerprint density at radius 3 is 2.80 bits per heavy atom. The average molecular weight is 397 g/mol. The fraction of sp³-hybridized carbons (Fsp3) is 0.167. The molecule has 0 unspecified atom stereocenters. The molecular weight excluding hydrogens is 386 g/mol. The topological polar surface area (TPSA) is 66.4 Å². The Bertz CT molecular complexity index is 743. The molecule has 0 aliphatic carbocycles. The maximum atomic E-state index is 12.3. The van der Waals surface area contributed by atoms with Gasteiger partial charge >= 0.3 is 0 Å². The van der Waals surface area contributed by atoms with E-state index in [1.165, 1.54) is 17.4 Å². The number of rotatable bonds is 4. The highest BCUT2D eigenvalue weighted by Crippen LogP contribution is 2.32. The van der Waals surface area contributed by atoms with Gasteiger partial charge in [-0.15, -0.1) is 11.3 Å². The molecule has 0 aliphatic heterocycles. The van der Waals surface area contributed by atoms with Gasteiger partial charge in [0.25, 0.3) is 10.0 Å². The Balaban J connectivity index is 2.41. The molecule has 2 N–H and O–H groups in total. The first kappa shape index (κ1) is 15.8. The van der Waals surface area contributed by atoms with Crippen LogP contribution in [0.5, 0.6) is 0 Å². The summed E-state index contributed by atoms with van der Waals surface area (Å²) in [6.45, 7) is 1.51. The molecule has 0 spiro atoms. The number of thiophene rings is 1. The maximum Gasteiger partial charge on any atom is 0.263 e. The molecule has 8 heteroatoms. The van der Waals surface area contributed by atoms with E-state index in [2.05, 4.69) is 20.7 Å². The van der Waals surface area contributed by atoms with Crippen LogP contribution in [0.15, 0.2) is 32.9 Å². The third-order valence-corrected chi connectivity index (χ3v) is 6.18. The molecular formula is C12H11BrClNO3S2. The van der Waals surface area contributed by atoms with E-state index in [0.717, 1.165) is 5.56 Å².